The van der Waals surface area contributed by atoms with Crippen LogP contribution in [-0.4, -0.2) is 20.0 Å². The Labute approximate surface area is 174 Å². The average molecular weight is 425 g/mol. The quantitative estimate of drug-likeness (QED) is 0.565. The van der Waals surface area contributed by atoms with E-state index >= 15 is 0 Å². The highest BCUT2D eigenvalue weighted by Gasteiger charge is 2.23. The van der Waals surface area contributed by atoms with Gasteiger partial charge in [-0.1, -0.05) is 12.1 Å². The maximum Gasteiger partial charge on any atom is 0.263 e. The van der Waals surface area contributed by atoms with Crippen LogP contribution in [0.25, 0.3) is 0 Å². The lowest BCUT2D eigenvalue weighted by Gasteiger charge is -2.11. The summed E-state index contributed by atoms with van der Waals surface area (Å²) >= 11 is 0. The van der Waals surface area contributed by atoms with Gasteiger partial charge in [-0.05, 0) is 60.2 Å². The molecule has 0 unspecified atom stereocenters. The summed E-state index contributed by atoms with van der Waals surface area (Å²) in [6.07, 6.45) is 5.76. The molecule has 8 heteroatoms. The Balaban J connectivity index is 1.52. The third-order valence-corrected chi connectivity index (χ3v) is 6.34. The first-order valence-electron chi connectivity index (χ1n) is 9.54. The predicted molar refractivity (Wildman–Crippen MR) is 110 cm³/mol. The van der Waals surface area contributed by atoms with Gasteiger partial charge < -0.3 is 9.72 Å². The smallest absolute Gasteiger partial charge is 0.263 e. The van der Waals surface area contributed by atoms with Crippen molar-refractivity contribution >= 4 is 15.7 Å². The molecule has 0 atom stereocenters. The van der Waals surface area contributed by atoms with Crippen LogP contribution >= 0.6 is 0 Å². The van der Waals surface area contributed by atoms with Crippen LogP contribution in [-0.2, 0) is 16.4 Å². The number of hydrogen-bond acceptors (Lipinski definition) is 4. The molecule has 4 rings (SSSR count). The molecule has 0 spiro atoms. The molecule has 0 aliphatic heterocycles. The van der Waals surface area contributed by atoms with E-state index in [1.165, 1.54) is 31.2 Å². The predicted octanol–water partition coefficient (Wildman–Crippen LogP) is 4.21. The van der Waals surface area contributed by atoms with Gasteiger partial charge in [0, 0.05) is 18.8 Å². The highest BCUT2D eigenvalue weighted by atomic mass is 32.2. The molecule has 1 heterocycles. The Bertz CT molecular complexity index is 1210. The van der Waals surface area contributed by atoms with Gasteiger partial charge in [-0.15, -0.1) is 0 Å². The van der Waals surface area contributed by atoms with E-state index in [1.807, 2.05) is 30.3 Å². The van der Waals surface area contributed by atoms with Gasteiger partial charge in [-0.2, -0.15) is 5.26 Å². The molecule has 2 N–H and O–H groups in total. The van der Waals surface area contributed by atoms with E-state index in [2.05, 4.69) is 9.71 Å². The zero-order valence-electron chi connectivity index (χ0n) is 16.1. The van der Waals surface area contributed by atoms with Crippen molar-refractivity contribution in [3.8, 4) is 11.8 Å². The van der Waals surface area contributed by atoms with Gasteiger partial charge in [0.05, 0.1) is 23.9 Å². The molecule has 0 saturated heterocycles. The number of ether oxygens (including phenoxy) is 1. The number of aromatic nitrogens is 1. The topological polar surface area (TPSA) is 95.0 Å². The van der Waals surface area contributed by atoms with Crippen LogP contribution in [0.4, 0.5) is 10.1 Å². The molecular formula is C22H20FN3O3S. The van der Waals surface area contributed by atoms with Crippen molar-refractivity contribution in [2.75, 3.05) is 11.3 Å². The highest BCUT2D eigenvalue weighted by molar-refractivity contribution is 7.92. The van der Waals surface area contributed by atoms with Crippen LogP contribution in [0.1, 0.15) is 29.5 Å². The van der Waals surface area contributed by atoms with Gasteiger partial charge in [0.25, 0.3) is 10.0 Å². The molecule has 30 heavy (non-hydrogen) atoms. The van der Waals surface area contributed by atoms with Crippen molar-refractivity contribution in [2.45, 2.75) is 24.2 Å². The van der Waals surface area contributed by atoms with Crippen molar-refractivity contribution in [2.24, 2.45) is 5.92 Å². The van der Waals surface area contributed by atoms with Crippen LogP contribution in [0, 0.1) is 23.1 Å². The van der Waals surface area contributed by atoms with Gasteiger partial charge in [-0.25, -0.2) is 12.8 Å². The Morgan fingerprint density at radius 1 is 1.20 bits per heavy atom. The minimum Gasteiger partial charge on any atom is -0.493 e. The minimum absolute atomic E-state index is 0.0376. The van der Waals surface area contributed by atoms with Crippen LogP contribution in [0.5, 0.6) is 5.75 Å². The summed E-state index contributed by atoms with van der Waals surface area (Å²) in [5.74, 6) is 0.594. The number of nitrogens with zero attached hydrogens (tertiary/aromatic N) is 1. The van der Waals surface area contributed by atoms with Crippen LogP contribution < -0.4 is 9.46 Å². The lowest BCUT2D eigenvalue weighted by Crippen LogP contribution is -2.15. The lowest BCUT2D eigenvalue weighted by atomic mass is 10.1. The Kier molecular flexibility index (Phi) is 5.46. The number of anilines is 1. The maximum atomic E-state index is 14.1. The molecule has 2 aromatic carbocycles. The fraction of sp³-hybridized carbons (Fsp3) is 0.227. The average Bonchev–Trinajstić information content (AvgIpc) is 3.44. The van der Waals surface area contributed by atoms with E-state index in [-0.39, 0.29) is 16.1 Å². The van der Waals surface area contributed by atoms with Gasteiger partial charge in [0.15, 0.2) is 0 Å². The van der Waals surface area contributed by atoms with Gasteiger partial charge in [0.1, 0.15) is 16.5 Å². The van der Waals surface area contributed by atoms with Crippen LogP contribution in [0.2, 0.25) is 0 Å². The second-order valence-electron chi connectivity index (χ2n) is 7.34. The van der Waals surface area contributed by atoms with Crippen LogP contribution in [0.15, 0.2) is 59.8 Å². The standard InChI is InChI=1S/C22H20FN3O3S/c23-20-10-17(11-24)6-7-21(20)26-30(27,28)22-13-25-12-18(22)8-16-2-1-3-19(9-16)29-14-15-4-5-15/h1-3,6-7,9-10,12-13,15,25-26H,4-5,8,14H2. The first kappa shape index (κ1) is 20.0. The fourth-order valence-electron chi connectivity index (χ4n) is 3.10. The number of halogens is 1. The molecular weight excluding hydrogens is 405 g/mol. The van der Waals surface area contributed by atoms with Crippen molar-refractivity contribution in [1.29, 1.82) is 5.26 Å². The first-order valence-corrected chi connectivity index (χ1v) is 11.0. The van der Waals surface area contributed by atoms with Gasteiger partial charge in [-0.3, -0.25) is 4.72 Å². The van der Waals surface area contributed by atoms with E-state index in [4.69, 9.17) is 10.00 Å². The molecule has 0 amide bonds. The molecule has 1 saturated carbocycles. The number of rotatable bonds is 8. The zero-order chi connectivity index (χ0) is 21.1. The largest absolute Gasteiger partial charge is 0.493 e. The van der Waals surface area contributed by atoms with Crippen molar-refractivity contribution in [1.82, 2.24) is 4.98 Å². The summed E-state index contributed by atoms with van der Waals surface area (Å²) < 4.78 is 47.9. The van der Waals surface area contributed by atoms with Crippen LogP contribution in [0.3, 0.4) is 0 Å². The van der Waals surface area contributed by atoms with E-state index in [0.29, 0.717) is 24.5 Å². The number of hydrogen-bond donors (Lipinski definition) is 2. The summed E-state index contributed by atoms with van der Waals surface area (Å²) in [6, 6.07) is 13.0. The summed E-state index contributed by atoms with van der Waals surface area (Å²) in [5.41, 5.74) is 1.36. The monoisotopic (exact) mass is 425 g/mol. The van der Waals surface area contributed by atoms with Crippen molar-refractivity contribution in [3.05, 3.63) is 77.4 Å². The van der Waals surface area contributed by atoms with Gasteiger partial charge >= 0.3 is 0 Å². The SMILES string of the molecule is N#Cc1ccc(NS(=O)(=O)c2c[nH]cc2Cc2cccc(OCC3CC3)c2)c(F)c1. The zero-order valence-corrected chi connectivity index (χ0v) is 16.9. The highest BCUT2D eigenvalue weighted by Crippen LogP contribution is 2.30. The van der Waals surface area contributed by atoms with E-state index < -0.39 is 15.8 Å². The molecule has 1 aromatic heterocycles. The molecule has 0 radical (unpaired) electrons. The number of sulfonamides is 1. The molecule has 6 nitrogen and oxygen atoms in total. The minimum atomic E-state index is -4.02. The Hall–Kier alpha value is -3.31. The van der Waals surface area contributed by atoms with Gasteiger partial charge in [0.2, 0.25) is 0 Å². The summed E-state index contributed by atoms with van der Waals surface area (Å²) in [4.78, 5) is 2.86. The van der Waals surface area contributed by atoms with E-state index in [9.17, 15) is 12.8 Å². The number of nitriles is 1. The summed E-state index contributed by atoms with van der Waals surface area (Å²) in [5, 5.41) is 8.83. The Morgan fingerprint density at radius 3 is 2.77 bits per heavy atom. The normalized spacial score (nSPS) is 13.6. The molecule has 154 valence electrons. The van der Waals surface area contributed by atoms with E-state index in [1.54, 1.807) is 6.20 Å². The molecule has 3 aromatic rings. The number of aromatic amines is 1. The first-order chi connectivity index (χ1) is 14.4. The second kappa shape index (κ2) is 8.20. The molecule has 0 bridgehead atoms. The van der Waals surface area contributed by atoms with Crippen molar-refractivity contribution in [3.63, 3.8) is 0 Å². The third-order valence-electron chi connectivity index (χ3n) is 4.90. The molecule has 1 aliphatic rings. The van der Waals surface area contributed by atoms with E-state index in [0.717, 1.165) is 17.4 Å². The second-order valence-corrected chi connectivity index (χ2v) is 8.99. The van der Waals surface area contributed by atoms with Crippen molar-refractivity contribution < 1.29 is 17.5 Å². The lowest BCUT2D eigenvalue weighted by molar-refractivity contribution is 0.299. The molecule has 1 aliphatic carbocycles. The number of nitrogens with one attached hydrogen (secondary N) is 2. The third kappa shape index (κ3) is 4.63. The fourth-order valence-corrected chi connectivity index (χ4v) is 4.37. The maximum absolute atomic E-state index is 14.1. The molecule has 1 fully saturated rings. The summed E-state index contributed by atoms with van der Waals surface area (Å²) in [6.45, 7) is 0.702. The Morgan fingerprint density at radius 2 is 2.03 bits per heavy atom. The number of benzene rings is 2. The number of H-pyrrole nitrogens is 1. The summed E-state index contributed by atoms with van der Waals surface area (Å²) in [7, 11) is -4.02.